The van der Waals surface area contributed by atoms with Crippen LogP contribution in [0.4, 0.5) is 0 Å². The quantitative estimate of drug-likeness (QED) is 0.506. The summed E-state index contributed by atoms with van der Waals surface area (Å²) in [5, 5.41) is 8.95. The van der Waals surface area contributed by atoms with Gasteiger partial charge < -0.3 is 25.2 Å². The molecule has 0 aliphatic heterocycles. The molecule has 1 unspecified atom stereocenters. The molecule has 0 aromatic heterocycles. The fraction of sp³-hybridized carbons (Fsp3) is 0.923. The minimum absolute atomic E-state index is 0.468. The smallest absolute Gasteiger partial charge is 0.323 e. The Labute approximate surface area is 115 Å². The summed E-state index contributed by atoms with van der Waals surface area (Å²) in [5.41, 5.74) is 4.57. The van der Waals surface area contributed by atoms with Gasteiger partial charge in [-0.15, -0.1) is 0 Å². The predicted molar refractivity (Wildman–Crippen MR) is 74.3 cm³/mol. The average molecular weight is 276 g/mol. The van der Waals surface area contributed by atoms with Crippen LogP contribution in [0.5, 0.6) is 0 Å². The van der Waals surface area contributed by atoms with Gasteiger partial charge >= 0.3 is 5.97 Å². The Morgan fingerprint density at radius 1 is 1.16 bits per heavy atom. The first-order chi connectivity index (χ1) is 8.94. The zero-order chi connectivity index (χ0) is 14.7. The molecule has 0 saturated heterocycles. The molecule has 6 nitrogen and oxygen atoms in total. The lowest BCUT2D eigenvalue weighted by atomic mass is 9.97. The van der Waals surface area contributed by atoms with Gasteiger partial charge in [0.25, 0.3) is 0 Å². The van der Waals surface area contributed by atoms with Crippen molar-refractivity contribution in [2.45, 2.75) is 31.7 Å². The Kier molecular flexibility index (Phi) is 9.77. The van der Waals surface area contributed by atoms with Crippen molar-refractivity contribution >= 4 is 5.97 Å². The van der Waals surface area contributed by atoms with Crippen molar-refractivity contribution in [1.82, 2.24) is 4.90 Å². The van der Waals surface area contributed by atoms with Crippen LogP contribution in [-0.2, 0) is 14.3 Å². The minimum Gasteiger partial charge on any atom is -0.480 e. The number of aliphatic carboxylic acids is 1. The number of carboxylic acid groups (broad SMARTS) is 1. The lowest BCUT2D eigenvalue weighted by Gasteiger charge is -2.24. The fourth-order valence-corrected chi connectivity index (χ4v) is 1.77. The van der Waals surface area contributed by atoms with Crippen LogP contribution in [0.1, 0.15) is 26.2 Å². The monoisotopic (exact) mass is 276 g/mol. The van der Waals surface area contributed by atoms with E-state index in [4.69, 9.17) is 20.3 Å². The molecule has 0 aliphatic carbocycles. The standard InChI is InChI=1S/C13H28N2O4/c1-13(14,12(16)17)6-4-7-15(9-11-19-3)8-5-10-18-2/h4-11,14H2,1-3H3,(H,16,17). The number of methoxy groups -OCH3 is 2. The van der Waals surface area contributed by atoms with Crippen LogP contribution in [0.3, 0.4) is 0 Å². The van der Waals surface area contributed by atoms with Gasteiger partial charge in [-0.2, -0.15) is 0 Å². The Balaban J connectivity index is 3.99. The lowest BCUT2D eigenvalue weighted by Crippen LogP contribution is -2.45. The van der Waals surface area contributed by atoms with E-state index in [0.717, 1.165) is 39.1 Å². The highest BCUT2D eigenvalue weighted by molar-refractivity contribution is 5.77. The van der Waals surface area contributed by atoms with Crippen molar-refractivity contribution in [3.05, 3.63) is 0 Å². The molecule has 0 aromatic rings. The van der Waals surface area contributed by atoms with Crippen LogP contribution >= 0.6 is 0 Å². The zero-order valence-corrected chi connectivity index (χ0v) is 12.4. The van der Waals surface area contributed by atoms with E-state index in [9.17, 15) is 4.79 Å². The molecule has 0 rings (SSSR count). The third-order valence-corrected chi connectivity index (χ3v) is 3.09. The van der Waals surface area contributed by atoms with E-state index < -0.39 is 11.5 Å². The Morgan fingerprint density at radius 3 is 2.26 bits per heavy atom. The van der Waals surface area contributed by atoms with Crippen molar-refractivity contribution in [3.8, 4) is 0 Å². The van der Waals surface area contributed by atoms with Crippen LogP contribution < -0.4 is 5.73 Å². The van der Waals surface area contributed by atoms with E-state index in [1.165, 1.54) is 0 Å². The fourth-order valence-electron chi connectivity index (χ4n) is 1.77. The van der Waals surface area contributed by atoms with E-state index in [-0.39, 0.29) is 0 Å². The van der Waals surface area contributed by atoms with E-state index in [2.05, 4.69) is 4.90 Å². The van der Waals surface area contributed by atoms with Crippen molar-refractivity contribution in [2.75, 3.05) is 47.1 Å². The summed E-state index contributed by atoms with van der Waals surface area (Å²) in [4.78, 5) is 13.2. The summed E-state index contributed by atoms with van der Waals surface area (Å²) in [6.07, 6.45) is 2.19. The molecule has 0 aliphatic rings. The Hall–Kier alpha value is -0.690. The van der Waals surface area contributed by atoms with Crippen molar-refractivity contribution < 1.29 is 19.4 Å². The number of ether oxygens (including phenoxy) is 2. The maximum absolute atomic E-state index is 10.9. The highest BCUT2D eigenvalue weighted by atomic mass is 16.5. The Bertz CT molecular complexity index is 247. The largest absolute Gasteiger partial charge is 0.480 e. The molecule has 0 saturated carbocycles. The van der Waals surface area contributed by atoms with E-state index >= 15 is 0 Å². The summed E-state index contributed by atoms with van der Waals surface area (Å²) in [6, 6.07) is 0. The first-order valence-corrected chi connectivity index (χ1v) is 6.66. The summed E-state index contributed by atoms with van der Waals surface area (Å²) in [7, 11) is 3.36. The molecular formula is C13H28N2O4. The second-order valence-corrected chi connectivity index (χ2v) is 5.01. The molecule has 0 aromatic carbocycles. The van der Waals surface area contributed by atoms with Gasteiger partial charge in [-0.1, -0.05) is 0 Å². The number of carbonyl (C=O) groups is 1. The molecule has 3 N–H and O–H groups in total. The molecule has 19 heavy (non-hydrogen) atoms. The average Bonchev–Trinajstić information content (AvgIpc) is 2.35. The van der Waals surface area contributed by atoms with Crippen LogP contribution in [0.2, 0.25) is 0 Å². The molecule has 0 heterocycles. The van der Waals surface area contributed by atoms with Crippen LogP contribution in [-0.4, -0.2) is 68.6 Å². The van der Waals surface area contributed by atoms with Crippen LogP contribution in [0.25, 0.3) is 0 Å². The number of nitrogens with two attached hydrogens (primary N) is 1. The van der Waals surface area contributed by atoms with E-state index in [0.29, 0.717) is 13.0 Å². The van der Waals surface area contributed by atoms with Crippen LogP contribution in [0.15, 0.2) is 0 Å². The van der Waals surface area contributed by atoms with E-state index in [1.807, 2.05) is 0 Å². The maximum atomic E-state index is 10.9. The highest BCUT2D eigenvalue weighted by Crippen LogP contribution is 2.10. The molecule has 0 radical (unpaired) electrons. The van der Waals surface area contributed by atoms with Gasteiger partial charge in [0.05, 0.1) is 6.61 Å². The molecule has 6 heteroatoms. The summed E-state index contributed by atoms with van der Waals surface area (Å²) in [6.45, 7) is 5.55. The third kappa shape index (κ3) is 8.93. The molecule has 1 atom stereocenters. The molecule has 0 spiro atoms. The zero-order valence-electron chi connectivity index (χ0n) is 12.4. The van der Waals surface area contributed by atoms with Gasteiger partial charge in [0.2, 0.25) is 0 Å². The third-order valence-electron chi connectivity index (χ3n) is 3.09. The maximum Gasteiger partial charge on any atom is 0.323 e. The summed E-state index contributed by atoms with van der Waals surface area (Å²) >= 11 is 0. The van der Waals surface area contributed by atoms with Gasteiger partial charge in [-0.05, 0) is 32.7 Å². The molecule has 0 fully saturated rings. The van der Waals surface area contributed by atoms with Gasteiger partial charge in [0, 0.05) is 33.9 Å². The van der Waals surface area contributed by atoms with Crippen LogP contribution in [0, 0.1) is 0 Å². The molecule has 0 bridgehead atoms. The van der Waals surface area contributed by atoms with Gasteiger partial charge in [0.15, 0.2) is 0 Å². The first kappa shape index (κ1) is 18.3. The molecule has 0 amide bonds. The normalized spacial score (nSPS) is 14.6. The Morgan fingerprint density at radius 2 is 1.74 bits per heavy atom. The number of carboxylic acids is 1. The summed E-state index contributed by atoms with van der Waals surface area (Å²) in [5.74, 6) is -0.949. The minimum atomic E-state index is -1.14. The number of rotatable bonds is 12. The number of hydrogen-bond acceptors (Lipinski definition) is 5. The van der Waals surface area contributed by atoms with Crippen molar-refractivity contribution in [2.24, 2.45) is 5.73 Å². The second-order valence-electron chi connectivity index (χ2n) is 5.01. The number of hydrogen-bond donors (Lipinski definition) is 2. The lowest BCUT2D eigenvalue weighted by molar-refractivity contribution is -0.142. The topological polar surface area (TPSA) is 85.0 Å². The first-order valence-electron chi connectivity index (χ1n) is 6.66. The van der Waals surface area contributed by atoms with Gasteiger partial charge in [0.1, 0.15) is 5.54 Å². The molecule has 114 valence electrons. The highest BCUT2D eigenvalue weighted by Gasteiger charge is 2.27. The number of nitrogens with zero attached hydrogens (tertiary/aromatic N) is 1. The van der Waals surface area contributed by atoms with Gasteiger partial charge in [-0.25, -0.2) is 0 Å². The van der Waals surface area contributed by atoms with Crippen molar-refractivity contribution in [1.29, 1.82) is 0 Å². The van der Waals surface area contributed by atoms with E-state index in [1.54, 1.807) is 21.1 Å². The SMILES string of the molecule is COCCCN(CCCC(C)(N)C(=O)O)CCOC. The van der Waals surface area contributed by atoms with Gasteiger partial charge in [-0.3, -0.25) is 4.79 Å². The second kappa shape index (κ2) is 10.1. The van der Waals surface area contributed by atoms with Crippen molar-refractivity contribution in [3.63, 3.8) is 0 Å². The predicted octanol–water partition coefficient (Wildman–Crippen LogP) is 0.554. The molecular weight excluding hydrogens is 248 g/mol. The summed E-state index contributed by atoms with van der Waals surface area (Å²) < 4.78 is 10.1.